The number of ketones is 1. The number of rotatable bonds is 8. The smallest absolute Gasteiger partial charge is 0.344 e. The van der Waals surface area contributed by atoms with Crippen molar-refractivity contribution in [2.45, 2.75) is 6.92 Å². The van der Waals surface area contributed by atoms with Crippen molar-refractivity contribution in [3.63, 3.8) is 0 Å². The fourth-order valence-electron chi connectivity index (χ4n) is 1.52. The van der Waals surface area contributed by atoms with E-state index in [0.717, 1.165) is 0 Å². The van der Waals surface area contributed by atoms with Gasteiger partial charge in [-0.15, -0.1) is 0 Å². The van der Waals surface area contributed by atoms with Gasteiger partial charge in [0.15, 0.2) is 19.0 Å². The average molecular weight is 336 g/mol. The second-order valence-electron chi connectivity index (χ2n) is 5.10. The van der Waals surface area contributed by atoms with Crippen LogP contribution in [0.4, 0.5) is 0 Å². The molecule has 0 heterocycles. The monoisotopic (exact) mass is 336 g/mol. The maximum atomic E-state index is 11.5. The first-order chi connectivity index (χ1) is 11.3. The predicted octanol–water partition coefficient (Wildman–Crippen LogP) is 0.0156. The van der Waals surface area contributed by atoms with Crippen molar-refractivity contribution in [1.29, 1.82) is 0 Å². The third kappa shape index (κ3) is 6.91. The SMILES string of the molecule is CC(=O)c1cccc(OCC(=O)OCC(=O)NCC(=O)N(C)C)c1. The summed E-state index contributed by atoms with van der Waals surface area (Å²) in [6, 6.07) is 6.37. The molecule has 1 N–H and O–H groups in total. The van der Waals surface area contributed by atoms with Crippen molar-refractivity contribution in [1.82, 2.24) is 10.2 Å². The van der Waals surface area contributed by atoms with E-state index < -0.39 is 25.1 Å². The molecule has 0 unspecified atom stereocenters. The molecular weight excluding hydrogens is 316 g/mol. The summed E-state index contributed by atoms with van der Waals surface area (Å²) in [6.45, 7) is 0.354. The van der Waals surface area contributed by atoms with Crippen LogP contribution in [0.25, 0.3) is 0 Å². The van der Waals surface area contributed by atoms with Crippen LogP contribution in [0, 0.1) is 0 Å². The van der Waals surface area contributed by atoms with Crippen LogP contribution in [0.15, 0.2) is 24.3 Å². The summed E-state index contributed by atoms with van der Waals surface area (Å²) in [5.41, 5.74) is 0.464. The molecule has 130 valence electrons. The first-order valence-corrected chi connectivity index (χ1v) is 7.16. The molecule has 0 spiro atoms. The van der Waals surface area contributed by atoms with Crippen LogP contribution in [-0.2, 0) is 19.1 Å². The van der Waals surface area contributed by atoms with Gasteiger partial charge >= 0.3 is 5.97 Å². The third-order valence-corrected chi connectivity index (χ3v) is 2.90. The van der Waals surface area contributed by atoms with Gasteiger partial charge in [-0.1, -0.05) is 12.1 Å². The Morgan fingerprint density at radius 3 is 2.46 bits per heavy atom. The number of ether oxygens (including phenoxy) is 2. The molecule has 0 atom stereocenters. The van der Waals surface area contributed by atoms with Crippen molar-refractivity contribution in [3.05, 3.63) is 29.8 Å². The number of carbonyl (C=O) groups is 4. The van der Waals surface area contributed by atoms with Crippen molar-refractivity contribution in [2.75, 3.05) is 33.9 Å². The first-order valence-electron chi connectivity index (χ1n) is 7.16. The fraction of sp³-hybridized carbons (Fsp3) is 0.375. The predicted molar refractivity (Wildman–Crippen MR) is 84.6 cm³/mol. The summed E-state index contributed by atoms with van der Waals surface area (Å²) >= 11 is 0. The van der Waals surface area contributed by atoms with Gasteiger partial charge in [-0.3, -0.25) is 14.4 Å². The summed E-state index contributed by atoms with van der Waals surface area (Å²) < 4.78 is 9.93. The Labute approximate surface area is 139 Å². The van der Waals surface area contributed by atoms with E-state index in [0.29, 0.717) is 11.3 Å². The topological polar surface area (TPSA) is 102 Å². The van der Waals surface area contributed by atoms with Crippen molar-refractivity contribution < 1.29 is 28.7 Å². The van der Waals surface area contributed by atoms with Gasteiger partial charge in [-0.2, -0.15) is 0 Å². The van der Waals surface area contributed by atoms with Crippen LogP contribution < -0.4 is 10.1 Å². The Bertz CT molecular complexity index is 627. The number of nitrogens with zero attached hydrogens (tertiary/aromatic N) is 1. The molecule has 0 bridgehead atoms. The Hall–Kier alpha value is -2.90. The van der Waals surface area contributed by atoms with Crippen molar-refractivity contribution >= 4 is 23.6 Å². The zero-order valence-electron chi connectivity index (χ0n) is 13.8. The molecule has 8 nitrogen and oxygen atoms in total. The molecule has 1 aromatic carbocycles. The molecule has 0 aromatic heterocycles. The van der Waals surface area contributed by atoms with Gasteiger partial charge in [0.1, 0.15) is 5.75 Å². The van der Waals surface area contributed by atoms with E-state index >= 15 is 0 Å². The molecule has 0 radical (unpaired) electrons. The van der Waals surface area contributed by atoms with Crippen LogP contribution in [0.5, 0.6) is 5.75 Å². The Balaban J connectivity index is 2.31. The van der Waals surface area contributed by atoms with Crippen LogP contribution in [0.1, 0.15) is 17.3 Å². The van der Waals surface area contributed by atoms with Crippen molar-refractivity contribution in [3.8, 4) is 5.75 Å². The lowest BCUT2D eigenvalue weighted by Crippen LogP contribution is -2.38. The van der Waals surface area contributed by atoms with Gasteiger partial charge in [-0.05, 0) is 19.1 Å². The summed E-state index contributed by atoms with van der Waals surface area (Å²) in [5.74, 6) is -1.37. The lowest BCUT2D eigenvalue weighted by Gasteiger charge is -2.11. The number of likely N-dealkylation sites (N-methyl/N-ethyl adjacent to an activating group) is 1. The number of Topliss-reactive ketones (excluding diaryl/α,β-unsaturated/α-hetero) is 1. The highest BCUT2D eigenvalue weighted by Gasteiger charge is 2.11. The van der Waals surface area contributed by atoms with Crippen LogP contribution in [0.2, 0.25) is 0 Å². The molecule has 0 aliphatic carbocycles. The molecule has 0 aliphatic rings. The summed E-state index contributed by atoms with van der Waals surface area (Å²) in [7, 11) is 3.12. The third-order valence-electron chi connectivity index (χ3n) is 2.90. The summed E-state index contributed by atoms with van der Waals surface area (Å²) in [6.07, 6.45) is 0. The Morgan fingerprint density at radius 2 is 1.83 bits per heavy atom. The maximum absolute atomic E-state index is 11.5. The molecule has 0 fully saturated rings. The van der Waals surface area contributed by atoms with Gasteiger partial charge in [0.2, 0.25) is 5.91 Å². The molecule has 0 aliphatic heterocycles. The molecule has 2 amide bonds. The highest BCUT2D eigenvalue weighted by molar-refractivity contribution is 5.94. The quantitative estimate of drug-likeness (QED) is 0.530. The molecule has 24 heavy (non-hydrogen) atoms. The number of amides is 2. The molecule has 0 saturated heterocycles. The van der Waals surface area contributed by atoms with Crippen LogP contribution in [0.3, 0.4) is 0 Å². The van der Waals surface area contributed by atoms with E-state index in [1.807, 2.05) is 0 Å². The highest BCUT2D eigenvalue weighted by Crippen LogP contribution is 2.13. The lowest BCUT2D eigenvalue weighted by atomic mass is 10.1. The van der Waals surface area contributed by atoms with Gasteiger partial charge < -0.3 is 19.7 Å². The van der Waals surface area contributed by atoms with E-state index in [1.165, 1.54) is 17.9 Å². The zero-order valence-corrected chi connectivity index (χ0v) is 13.8. The highest BCUT2D eigenvalue weighted by atomic mass is 16.6. The Morgan fingerprint density at radius 1 is 1.12 bits per heavy atom. The standard InChI is InChI=1S/C16H20N2O6/c1-11(19)12-5-4-6-13(7-12)23-10-16(22)24-9-14(20)17-8-15(21)18(2)3/h4-7H,8-10H2,1-3H3,(H,17,20). The fourth-order valence-corrected chi connectivity index (χ4v) is 1.52. The van der Waals surface area contributed by atoms with E-state index in [1.54, 1.807) is 32.3 Å². The number of benzene rings is 1. The summed E-state index contributed by atoms with van der Waals surface area (Å²) in [4.78, 5) is 46.8. The first kappa shape index (κ1) is 19.1. The number of hydrogen-bond acceptors (Lipinski definition) is 6. The van der Waals surface area contributed by atoms with Crippen molar-refractivity contribution in [2.24, 2.45) is 0 Å². The minimum Gasteiger partial charge on any atom is -0.482 e. The van der Waals surface area contributed by atoms with E-state index in [-0.39, 0.29) is 18.2 Å². The van der Waals surface area contributed by atoms with Gasteiger partial charge in [0.25, 0.3) is 5.91 Å². The minimum absolute atomic E-state index is 0.119. The number of carbonyl (C=O) groups excluding carboxylic acids is 4. The van der Waals surface area contributed by atoms with Gasteiger partial charge in [-0.25, -0.2) is 4.79 Å². The molecule has 0 saturated carbocycles. The van der Waals surface area contributed by atoms with Crippen LogP contribution >= 0.6 is 0 Å². The van der Waals surface area contributed by atoms with E-state index in [4.69, 9.17) is 9.47 Å². The second kappa shape index (κ2) is 9.29. The number of nitrogens with one attached hydrogen (secondary N) is 1. The lowest BCUT2D eigenvalue weighted by molar-refractivity contribution is -0.150. The van der Waals surface area contributed by atoms with Gasteiger partial charge in [0.05, 0.1) is 6.54 Å². The minimum atomic E-state index is -0.739. The zero-order chi connectivity index (χ0) is 18.1. The second-order valence-corrected chi connectivity index (χ2v) is 5.10. The largest absolute Gasteiger partial charge is 0.482 e. The van der Waals surface area contributed by atoms with Crippen LogP contribution in [-0.4, -0.2) is 62.3 Å². The normalized spacial score (nSPS) is 9.79. The molecule has 8 heteroatoms. The molecular formula is C16H20N2O6. The molecule has 1 aromatic rings. The van der Waals surface area contributed by atoms with Gasteiger partial charge in [0, 0.05) is 19.7 Å². The Kier molecular flexibility index (Phi) is 7.41. The molecule has 1 rings (SSSR count). The average Bonchev–Trinajstić information content (AvgIpc) is 2.55. The maximum Gasteiger partial charge on any atom is 0.344 e. The van der Waals surface area contributed by atoms with E-state index in [9.17, 15) is 19.2 Å². The number of hydrogen-bond donors (Lipinski definition) is 1. The van der Waals surface area contributed by atoms with E-state index in [2.05, 4.69) is 5.32 Å². The number of esters is 1. The summed E-state index contributed by atoms with van der Waals surface area (Å²) in [5, 5.41) is 2.33.